The highest BCUT2D eigenvalue weighted by molar-refractivity contribution is 7.88. The third kappa shape index (κ3) is 3.42. The first kappa shape index (κ1) is 19.3. The molecule has 150 valence electrons. The van der Waals surface area contributed by atoms with Crippen LogP contribution in [0.3, 0.4) is 0 Å². The highest BCUT2D eigenvalue weighted by atomic mass is 32.2. The number of carbonyl (C=O) groups is 1. The molecule has 0 spiro atoms. The number of benzene rings is 2. The number of esters is 1. The van der Waals surface area contributed by atoms with Crippen molar-refractivity contribution in [2.24, 2.45) is 0 Å². The lowest BCUT2D eigenvalue weighted by Gasteiger charge is -2.38. The lowest BCUT2D eigenvalue weighted by atomic mass is 9.83. The van der Waals surface area contributed by atoms with E-state index in [9.17, 15) is 13.2 Å². The molecule has 29 heavy (non-hydrogen) atoms. The molecule has 0 amide bonds. The molecule has 2 aromatic carbocycles. The summed E-state index contributed by atoms with van der Waals surface area (Å²) in [6.07, 6.45) is 2.75. The van der Waals surface area contributed by atoms with E-state index in [1.165, 1.54) is 0 Å². The minimum Gasteiger partial charge on any atom is -0.489 e. The summed E-state index contributed by atoms with van der Waals surface area (Å²) in [5.41, 5.74) is 2.80. The number of fused-ring (bicyclic) bond motifs is 3. The molecule has 2 aliphatic rings. The van der Waals surface area contributed by atoms with E-state index in [0.29, 0.717) is 11.3 Å². The van der Waals surface area contributed by atoms with Crippen LogP contribution in [0.1, 0.15) is 24.0 Å². The molecule has 2 aliphatic heterocycles. The average Bonchev–Trinajstić information content (AvgIpc) is 2.72. The van der Waals surface area contributed by atoms with Crippen molar-refractivity contribution in [1.82, 2.24) is 4.31 Å². The summed E-state index contributed by atoms with van der Waals surface area (Å²) in [5.74, 6) is -0.233. The van der Waals surface area contributed by atoms with Crippen LogP contribution in [0.4, 0.5) is 0 Å². The van der Waals surface area contributed by atoms with Crippen LogP contribution in [0.15, 0.2) is 71.9 Å². The number of para-hydroxylation sites is 1. The second-order valence-corrected chi connectivity index (χ2v) is 8.68. The van der Waals surface area contributed by atoms with Crippen molar-refractivity contribution in [3.05, 3.63) is 83.1 Å². The van der Waals surface area contributed by atoms with Gasteiger partial charge in [0.15, 0.2) is 0 Å². The fraction of sp³-hybridized carbons (Fsp3) is 0.227. The second-order valence-electron chi connectivity index (χ2n) is 6.84. The van der Waals surface area contributed by atoms with Gasteiger partial charge in [0, 0.05) is 17.1 Å². The van der Waals surface area contributed by atoms with Crippen LogP contribution >= 0.6 is 0 Å². The highest BCUT2D eigenvalue weighted by Gasteiger charge is 2.40. The van der Waals surface area contributed by atoms with Crippen molar-refractivity contribution >= 4 is 21.7 Å². The van der Waals surface area contributed by atoms with E-state index in [4.69, 9.17) is 9.47 Å². The topological polar surface area (TPSA) is 72.9 Å². The average molecular weight is 411 g/mol. The zero-order chi connectivity index (χ0) is 20.6. The first-order chi connectivity index (χ1) is 13.9. The van der Waals surface area contributed by atoms with E-state index in [-0.39, 0.29) is 24.8 Å². The standard InChI is InChI=1S/C22H21NO5S/c1-3-27-22(24)19-13-17-16-11-7-8-12-20(16)28-14-18(17)21(23(19)29(2,25)26)15-9-5-4-6-10-15/h4-13,17H,3,14H2,1-2H3/t17-/m1/s1. The molecule has 0 N–H and O–H groups in total. The number of nitrogens with zero attached hydrogens (tertiary/aromatic N) is 1. The van der Waals surface area contributed by atoms with Gasteiger partial charge < -0.3 is 9.47 Å². The quantitative estimate of drug-likeness (QED) is 0.722. The number of allylic oxidation sites excluding steroid dienone is 1. The third-order valence-electron chi connectivity index (χ3n) is 4.93. The van der Waals surface area contributed by atoms with Crippen LogP contribution in [-0.2, 0) is 19.6 Å². The molecule has 2 aromatic rings. The SMILES string of the molecule is CCOC(=O)C1=C[C@H]2C(=C(c3ccccc3)N1S(C)(=O)=O)COc1ccccc12. The normalized spacial score (nSPS) is 18.3. The summed E-state index contributed by atoms with van der Waals surface area (Å²) in [6, 6.07) is 16.7. The van der Waals surface area contributed by atoms with Crippen molar-refractivity contribution in [3.63, 3.8) is 0 Å². The van der Waals surface area contributed by atoms with Gasteiger partial charge in [0.25, 0.3) is 0 Å². The van der Waals surface area contributed by atoms with Gasteiger partial charge in [-0.2, -0.15) is 0 Å². The molecule has 0 radical (unpaired) electrons. The zero-order valence-corrected chi connectivity index (χ0v) is 17.0. The number of carbonyl (C=O) groups excluding carboxylic acids is 1. The first-order valence-electron chi connectivity index (χ1n) is 9.31. The Balaban J connectivity index is 2.01. The molecular formula is C22H21NO5S. The second kappa shape index (κ2) is 7.40. The zero-order valence-electron chi connectivity index (χ0n) is 16.2. The predicted molar refractivity (Wildman–Crippen MR) is 109 cm³/mol. The smallest absolute Gasteiger partial charge is 0.355 e. The van der Waals surface area contributed by atoms with Gasteiger partial charge >= 0.3 is 5.97 Å². The Morgan fingerprint density at radius 3 is 2.52 bits per heavy atom. The largest absolute Gasteiger partial charge is 0.489 e. The number of rotatable bonds is 4. The summed E-state index contributed by atoms with van der Waals surface area (Å²) in [5, 5.41) is 0. The number of hydrogen-bond donors (Lipinski definition) is 0. The molecule has 0 saturated carbocycles. The minimum absolute atomic E-state index is 0.00124. The lowest BCUT2D eigenvalue weighted by Crippen LogP contribution is -2.38. The van der Waals surface area contributed by atoms with E-state index in [1.807, 2.05) is 54.6 Å². The Morgan fingerprint density at radius 1 is 1.14 bits per heavy atom. The fourth-order valence-corrected chi connectivity index (χ4v) is 4.83. The maximum absolute atomic E-state index is 12.8. The van der Waals surface area contributed by atoms with Crippen molar-refractivity contribution in [1.29, 1.82) is 0 Å². The van der Waals surface area contributed by atoms with Crippen molar-refractivity contribution in [2.75, 3.05) is 19.5 Å². The summed E-state index contributed by atoms with van der Waals surface area (Å²) >= 11 is 0. The van der Waals surface area contributed by atoms with Crippen LogP contribution in [0.2, 0.25) is 0 Å². The van der Waals surface area contributed by atoms with Crippen LogP contribution < -0.4 is 4.74 Å². The van der Waals surface area contributed by atoms with Crippen molar-refractivity contribution in [3.8, 4) is 5.75 Å². The molecule has 2 heterocycles. The van der Waals surface area contributed by atoms with Gasteiger partial charge in [-0.15, -0.1) is 0 Å². The maximum atomic E-state index is 12.8. The van der Waals surface area contributed by atoms with Gasteiger partial charge in [0.2, 0.25) is 10.0 Å². The van der Waals surface area contributed by atoms with E-state index in [2.05, 4.69) is 0 Å². The monoisotopic (exact) mass is 411 g/mol. The van der Waals surface area contributed by atoms with Crippen LogP contribution in [0.5, 0.6) is 5.75 Å². The Bertz CT molecular complexity index is 1120. The van der Waals surface area contributed by atoms with Gasteiger partial charge in [0.05, 0.1) is 18.6 Å². The van der Waals surface area contributed by atoms with Gasteiger partial charge in [0.1, 0.15) is 18.1 Å². The molecular weight excluding hydrogens is 390 g/mol. The summed E-state index contributed by atoms with van der Waals surface area (Å²) < 4.78 is 37.8. The Morgan fingerprint density at radius 2 is 1.83 bits per heavy atom. The number of ether oxygens (including phenoxy) is 2. The van der Waals surface area contributed by atoms with Crippen LogP contribution in [0, 0.1) is 0 Å². The first-order valence-corrected chi connectivity index (χ1v) is 11.2. The molecule has 7 heteroatoms. The van der Waals surface area contributed by atoms with E-state index >= 15 is 0 Å². The molecule has 0 aliphatic carbocycles. The fourth-order valence-electron chi connectivity index (χ4n) is 3.78. The van der Waals surface area contributed by atoms with Crippen LogP contribution in [-0.4, -0.2) is 38.2 Å². The maximum Gasteiger partial charge on any atom is 0.355 e. The molecule has 4 rings (SSSR count). The van der Waals surface area contributed by atoms with Crippen molar-refractivity contribution < 1.29 is 22.7 Å². The van der Waals surface area contributed by atoms with Gasteiger partial charge in [-0.1, -0.05) is 48.5 Å². The summed E-state index contributed by atoms with van der Waals surface area (Å²) in [7, 11) is -3.81. The summed E-state index contributed by atoms with van der Waals surface area (Å²) in [4.78, 5) is 12.8. The molecule has 0 fully saturated rings. The van der Waals surface area contributed by atoms with Gasteiger partial charge in [-0.3, -0.25) is 0 Å². The Labute approximate surface area is 170 Å². The van der Waals surface area contributed by atoms with E-state index < -0.39 is 16.0 Å². The predicted octanol–water partition coefficient (Wildman–Crippen LogP) is 3.30. The lowest BCUT2D eigenvalue weighted by molar-refractivity contribution is -0.139. The van der Waals surface area contributed by atoms with Crippen molar-refractivity contribution in [2.45, 2.75) is 12.8 Å². The van der Waals surface area contributed by atoms with Crippen LogP contribution in [0.25, 0.3) is 5.70 Å². The summed E-state index contributed by atoms with van der Waals surface area (Å²) in [6.45, 7) is 2.06. The number of sulfonamides is 1. The minimum atomic E-state index is -3.81. The molecule has 0 saturated heterocycles. The number of hydrogen-bond acceptors (Lipinski definition) is 5. The molecule has 6 nitrogen and oxygen atoms in total. The molecule has 0 unspecified atom stereocenters. The molecule has 1 atom stereocenters. The van der Waals surface area contributed by atoms with E-state index in [0.717, 1.165) is 27.4 Å². The Hall–Kier alpha value is -3.06. The molecule has 0 aromatic heterocycles. The van der Waals surface area contributed by atoms with Gasteiger partial charge in [-0.25, -0.2) is 17.5 Å². The Kier molecular flexibility index (Phi) is 4.92. The van der Waals surface area contributed by atoms with Gasteiger partial charge in [-0.05, 0) is 24.6 Å². The third-order valence-corrected chi connectivity index (χ3v) is 5.97. The van der Waals surface area contributed by atoms with E-state index in [1.54, 1.807) is 13.0 Å². The highest BCUT2D eigenvalue weighted by Crippen LogP contribution is 2.47. The molecule has 0 bridgehead atoms.